The third kappa shape index (κ3) is 3.45. The van der Waals surface area contributed by atoms with Gasteiger partial charge in [-0.1, -0.05) is 61.0 Å². The molecule has 4 heteroatoms. The Morgan fingerprint density at radius 2 is 1.75 bits per heavy atom. The SMILES string of the molecule is CC/C(=N/NC(=O)c1ccccc1Cl)c1ccccc1. The van der Waals surface area contributed by atoms with Gasteiger partial charge in [0.05, 0.1) is 16.3 Å². The molecule has 0 radical (unpaired) electrons. The Balaban J connectivity index is 2.16. The summed E-state index contributed by atoms with van der Waals surface area (Å²) in [5, 5.41) is 4.60. The van der Waals surface area contributed by atoms with Crippen molar-refractivity contribution in [1.82, 2.24) is 5.43 Å². The summed E-state index contributed by atoms with van der Waals surface area (Å²) in [5.74, 6) is -0.308. The first-order valence-corrected chi connectivity index (χ1v) is 6.77. The van der Waals surface area contributed by atoms with Gasteiger partial charge in [-0.05, 0) is 24.1 Å². The molecule has 0 fully saturated rings. The summed E-state index contributed by atoms with van der Waals surface area (Å²) in [6, 6.07) is 16.6. The molecule has 0 heterocycles. The molecule has 0 saturated heterocycles. The van der Waals surface area contributed by atoms with E-state index in [1.165, 1.54) is 0 Å². The van der Waals surface area contributed by atoms with Crippen molar-refractivity contribution in [3.63, 3.8) is 0 Å². The van der Waals surface area contributed by atoms with Crippen molar-refractivity contribution in [2.24, 2.45) is 5.10 Å². The second-order valence-corrected chi connectivity index (χ2v) is 4.61. The van der Waals surface area contributed by atoms with Crippen molar-refractivity contribution in [2.45, 2.75) is 13.3 Å². The Hall–Kier alpha value is -2.13. The summed E-state index contributed by atoms with van der Waals surface area (Å²) in [6.45, 7) is 1.99. The molecule has 0 unspecified atom stereocenters. The van der Waals surface area contributed by atoms with Crippen molar-refractivity contribution in [3.8, 4) is 0 Å². The summed E-state index contributed by atoms with van der Waals surface area (Å²) in [6.07, 6.45) is 0.729. The predicted molar refractivity (Wildman–Crippen MR) is 82.2 cm³/mol. The Bertz CT molecular complexity index is 623. The van der Waals surface area contributed by atoms with Crippen LogP contribution in [0.25, 0.3) is 0 Å². The molecule has 0 saturated carbocycles. The maximum absolute atomic E-state index is 12.0. The number of carbonyl (C=O) groups is 1. The van der Waals surface area contributed by atoms with E-state index < -0.39 is 0 Å². The summed E-state index contributed by atoms with van der Waals surface area (Å²) >= 11 is 5.98. The topological polar surface area (TPSA) is 41.5 Å². The monoisotopic (exact) mass is 286 g/mol. The van der Waals surface area contributed by atoms with E-state index in [9.17, 15) is 4.79 Å². The highest BCUT2D eigenvalue weighted by molar-refractivity contribution is 6.33. The van der Waals surface area contributed by atoms with Crippen LogP contribution in [0.5, 0.6) is 0 Å². The number of amides is 1. The molecular weight excluding hydrogens is 272 g/mol. The lowest BCUT2D eigenvalue weighted by Gasteiger charge is -2.06. The van der Waals surface area contributed by atoms with Gasteiger partial charge in [0.15, 0.2) is 0 Å². The molecule has 2 rings (SSSR count). The fraction of sp³-hybridized carbons (Fsp3) is 0.125. The molecule has 0 spiro atoms. The Labute approximate surface area is 123 Å². The molecule has 2 aromatic rings. The molecule has 1 amide bonds. The van der Waals surface area contributed by atoms with Crippen molar-refractivity contribution in [2.75, 3.05) is 0 Å². The van der Waals surface area contributed by atoms with Crippen molar-refractivity contribution < 1.29 is 4.79 Å². The Morgan fingerprint density at radius 3 is 2.40 bits per heavy atom. The molecule has 20 heavy (non-hydrogen) atoms. The molecule has 0 aromatic heterocycles. The first-order chi connectivity index (χ1) is 9.72. The highest BCUT2D eigenvalue weighted by Gasteiger charge is 2.09. The van der Waals surface area contributed by atoms with Crippen LogP contribution in [0.1, 0.15) is 29.3 Å². The second kappa shape index (κ2) is 6.87. The van der Waals surface area contributed by atoms with Crippen LogP contribution in [0.15, 0.2) is 59.7 Å². The number of benzene rings is 2. The molecule has 1 N–H and O–H groups in total. The average molecular weight is 287 g/mol. The lowest BCUT2D eigenvalue weighted by atomic mass is 10.1. The molecular formula is C16H15ClN2O. The van der Waals surface area contributed by atoms with Gasteiger partial charge in [0.1, 0.15) is 0 Å². The van der Waals surface area contributed by atoms with E-state index in [2.05, 4.69) is 10.5 Å². The van der Waals surface area contributed by atoms with Gasteiger partial charge in [-0.25, -0.2) is 5.43 Å². The lowest BCUT2D eigenvalue weighted by Crippen LogP contribution is -2.20. The predicted octanol–water partition coefficient (Wildman–Crippen LogP) is 3.88. The third-order valence-corrected chi connectivity index (χ3v) is 3.18. The lowest BCUT2D eigenvalue weighted by molar-refractivity contribution is 0.0955. The maximum atomic E-state index is 12.0. The quantitative estimate of drug-likeness (QED) is 0.672. The number of nitrogens with zero attached hydrogens (tertiary/aromatic N) is 1. The number of carbonyl (C=O) groups excluding carboxylic acids is 1. The maximum Gasteiger partial charge on any atom is 0.272 e. The number of nitrogens with one attached hydrogen (secondary N) is 1. The van der Waals surface area contributed by atoms with Gasteiger partial charge in [-0.3, -0.25) is 4.79 Å². The van der Waals surface area contributed by atoms with Crippen LogP contribution in [0, 0.1) is 0 Å². The molecule has 2 aromatic carbocycles. The zero-order valence-corrected chi connectivity index (χ0v) is 11.9. The minimum Gasteiger partial charge on any atom is -0.267 e. The first-order valence-electron chi connectivity index (χ1n) is 6.39. The molecule has 102 valence electrons. The van der Waals surface area contributed by atoms with Gasteiger partial charge in [0.25, 0.3) is 5.91 Å². The highest BCUT2D eigenvalue weighted by atomic mass is 35.5. The normalized spacial score (nSPS) is 11.2. The summed E-state index contributed by atoms with van der Waals surface area (Å²) in [7, 11) is 0. The molecule has 0 aliphatic carbocycles. The van der Waals surface area contributed by atoms with E-state index in [4.69, 9.17) is 11.6 Å². The summed E-state index contributed by atoms with van der Waals surface area (Å²) in [5.41, 5.74) is 4.79. The van der Waals surface area contributed by atoms with Gasteiger partial charge in [-0.2, -0.15) is 5.10 Å². The molecule has 0 aliphatic heterocycles. The smallest absolute Gasteiger partial charge is 0.267 e. The standard InChI is InChI=1S/C16H15ClN2O/c1-2-15(12-8-4-3-5-9-12)18-19-16(20)13-10-6-7-11-14(13)17/h3-11H,2H2,1H3,(H,19,20)/b18-15-. The Kier molecular flexibility index (Phi) is 4.91. The minimum absolute atomic E-state index is 0.308. The summed E-state index contributed by atoms with van der Waals surface area (Å²) < 4.78 is 0. The number of hydrogen-bond acceptors (Lipinski definition) is 2. The fourth-order valence-corrected chi connectivity index (χ4v) is 2.02. The van der Waals surface area contributed by atoms with Crippen LogP contribution < -0.4 is 5.43 Å². The fourth-order valence-electron chi connectivity index (χ4n) is 1.80. The number of hydrogen-bond donors (Lipinski definition) is 1. The molecule has 0 aliphatic rings. The largest absolute Gasteiger partial charge is 0.272 e. The minimum atomic E-state index is -0.308. The Morgan fingerprint density at radius 1 is 1.10 bits per heavy atom. The zero-order chi connectivity index (χ0) is 14.4. The van der Waals surface area contributed by atoms with Crippen LogP contribution in [-0.4, -0.2) is 11.6 Å². The van der Waals surface area contributed by atoms with E-state index in [0.717, 1.165) is 17.7 Å². The third-order valence-electron chi connectivity index (χ3n) is 2.85. The number of hydrazone groups is 1. The van der Waals surface area contributed by atoms with Gasteiger partial charge in [0, 0.05) is 0 Å². The van der Waals surface area contributed by atoms with Gasteiger partial charge in [0.2, 0.25) is 0 Å². The van der Waals surface area contributed by atoms with E-state index in [-0.39, 0.29) is 5.91 Å². The van der Waals surface area contributed by atoms with Crippen LogP contribution in [0.2, 0.25) is 5.02 Å². The van der Waals surface area contributed by atoms with Crippen LogP contribution in [0.3, 0.4) is 0 Å². The average Bonchev–Trinajstić information content (AvgIpc) is 2.49. The van der Waals surface area contributed by atoms with E-state index in [1.54, 1.807) is 24.3 Å². The van der Waals surface area contributed by atoms with Crippen molar-refractivity contribution >= 4 is 23.2 Å². The van der Waals surface area contributed by atoms with Gasteiger partial charge in [-0.15, -0.1) is 0 Å². The van der Waals surface area contributed by atoms with E-state index in [1.807, 2.05) is 37.3 Å². The van der Waals surface area contributed by atoms with Crippen LogP contribution in [-0.2, 0) is 0 Å². The second-order valence-electron chi connectivity index (χ2n) is 4.20. The van der Waals surface area contributed by atoms with Crippen molar-refractivity contribution in [3.05, 3.63) is 70.7 Å². The molecule has 0 bridgehead atoms. The molecule has 3 nitrogen and oxygen atoms in total. The van der Waals surface area contributed by atoms with Crippen LogP contribution in [0.4, 0.5) is 0 Å². The number of rotatable bonds is 4. The van der Waals surface area contributed by atoms with Crippen LogP contribution >= 0.6 is 11.6 Å². The van der Waals surface area contributed by atoms with E-state index in [0.29, 0.717) is 10.6 Å². The zero-order valence-electron chi connectivity index (χ0n) is 11.1. The first kappa shape index (κ1) is 14.3. The van der Waals surface area contributed by atoms with E-state index >= 15 is 0 Å². The number of halogens is 1. The van der Waals surface area contributed by atoms with Gasteiger partial charge >= 0.3 is 0 Å². The molecule has 0 atom stereocenters. The highest BCUT2D eigenvalue weighted by Crippen LogP contribution is 2.14. The van der Waals surface area contributed by atoms with Gasteiger partial charge < -0.3 is 0 Å². The summed E-state index contributed by atoms with van der Waals surface area (Å²) in [4.78, 5) is 12.0. The van der Waals surface area contributed by atoms with Crippen molar-refractivity contribution in [1.29, 1.82) is 0 Å².